The van der Waals surface area contributed by atoms with E-state index in [4.69, 9.17) is 16.3 Å². The van der Waals surface area contributed by atoms with Crippen LogP contribution in [0.1, 0.15) is 22.8 Å². The molecule has 1 saturated heterocycles. The fourth-order valence-corrected chi connectivity index (χ4v) is 2.11. The zero-order valence-electron chi connectivity index (χ0n) is 10.0. The van der Waals surface area contributed by atoms with Gasteiger partial charge in [0.05, 0.1) is 13.2 Å². The van der Waals surface area contributed by atoms with Crippen LogP contribution in [-0.4, -0.2) is 25.7 Å². The highest BCUT2D eigenvalue weighted by atomic mass is 35.5. The number of benzene rings is 1. The zero-order valence-corrected chi connectivity index (χ0v) is 10.8. The Labute approximate surface area is 106 Å². The second-order valence-corrected chi connectivity index (χ2v) is 5.44. The maximum absolute atomic E-state index is 11.9. The first kappa shape index (κ1) is 12.4. The lowest BCUT2D eigenvalue weighted by atomic mass is 9.88. The van der Waals surface area contributed by atoms with Crippen LogP contribution >= 0.6 is 11.6 Å². The Morgan fingerprint density at radius 3 is 2.71 bits per heavy atom. The van der Waals surface area contributed by atoms with Crippen molar-refractivity contribution in [2.24, 2.45) is 5.41 Å². The molecule has 0 bridgehead atoms. The molecule has 1 amide bonds. The Morgan fingerprint density at radius 2 is 2.18 bits per heavy atom. The zero-order chi connectivity index (χ0) is 12.5. The molecule has 1 aromatic carbocycles. The Balaban J connectivity index is 1.99. The Morgan fingerprint density at radius 1 is 1.47 bits per heavy atom. The summed E-state index contributed by atoms with van der Waals surface area (Å²) in [4.78, 5) is 11.9. The van der Waals surface area contributed by atoms with Crippen molar-refractivity contribution < 1.29 is 9.53 Å². The lowest BCUT2D eigenvalue weighted by Crippen LogP contribution is -2.48. The number of ether oxygens (including phenoxy) is 1. The predicted molar refractivity (Wildman–Crippen MR) is 67.4 cm³/mol. The molecule has 1 heterocycles. The van der Waals surface area contributed by atoms with E-state index in [-0.39, 0.29) is 11.3 Å². The Hall–Kier alpha value is -1.06. The van der Waals surface area contributed by atoms with E-state index >= 15 is 0 Å². The summed E-state index contributed by atoms with van der Waals surface area (Å²) >= 11 is 5.92. The van der Waals surface area contributed by atoms with Crippen LogP contribution in [0, 0.1) is 12.3 Å². The SMILES string of the molecule is Cc1cc(Cl)cc(C(=O)NCC2(C)COC2)c1. The van der Waals surface area contributed by atoms with Crippen LogP contribution in [-0.2, 0) is 4.74 Å². The summed E-state index contributed by atoms with van der Waals surface area (Å²) in [5.74, 6) is -0.0799. The van der Waals surface area contributed by atoms with Gasteiger partial charge in [-0.1, -0.05) is 18.5 Å². The van der Waals surface area contributed by atoms with Crippen molar-refractivity contribution in [3.8, 4) is 0 Å². The molecule has 1 N–H and O–H groups in total. The summed E-state index contributed by atoms with van der Waals surface area (Å²) in [6.45, 7) is 6.07. The molecule has 0 spiro atoms. The van der Waals surface area contributed by atoms with Gasteiger partial charge >= 0.3 is 0 Å². The van der Waals surface area contributed by atoms with Crippen molar-refractivity contribution in [2.75, 3.05) is 19.8 Å². The molecule has 0 aromatic heterocycles. The molecule has 1 aromatic rings. The second kappa shape index (κ2) is 4.67. The van der Waals surface area contributed by atoms with E-state index in [2.05, 4.69) is 12.2 Å². The van der Waals surface area contributed by atoms with Gasteiger partial charge in [0, 0.05) is 22.5 Å². The van der Waals surface area contributed by atoms with Crippen LogP contribution < -0.4 is 5.32 Å². The highest BCUT2D eigenvalue weighted by Gasteiger charge is 2.33. The van der Waals surface area contributed by atoms with Crippen molar-refractivity contribution in [1.29, 1.82) is 0 Å². The maximum Gasteiger partial charge on any atom is 0.251 e. The normalized spacial score (nSPS) is 17.4. The molecule has 0 unspecified atom stereocenters. The number of aryl methyl sites for hydroxylation is 1. The van der Waals surface area contributed by atoms with Gasteiger partial charge in [-0.15, -0.1) is 0 Å². The van der Waals surface area contributed by atoms with Gasteiger partial charge in [-0.2, -0.15) is 0 Å². The number of amides is 1. The third-order valence-corrected chi connectivity index (χ3v) is 3.10. The minimum absolute atomic E-state index is 0.0799. The van der Waals surface area contributed by atoms with Gasteiger partial charge in [-0.3, -0.25) is 4.79 Å². The quantitative estimate of drug-likeness (QED) is 0.899. The van der Waals surface area contributed by atoms with Gasteiger partial charge in [0.2, 0.25) is 0 Å². The summed E-state index contributed by atoms with van der Waals surface area (Å²) in [5.41, 5.74) is 1.68. The maximum atomic E-state index is 11.9. The van der Waals surface area contributed by atoms with E-state index in [0.29, 0.717) is 30.3 Å². The number of carbonyl (C=O) groups excluding carboxylic acids is 1. The third kappa shape index (κ3) is 2.99. The lowest BCUT2D eigenvalue weighted by molar-refractivity contribution is -0.0978. The molecule has 1 aliphatic heterocycles. The van der Waals surface area contributed by atoms with Crippen molar-refractivity contribution in [1.82, 2.24) is 5.32 Å². The summed E-state index contributed by atoms with van der Waals surface area (Å²) in [6.07, 6.45) is 0. The minimum Gasteiger partial charge on any atom is -0.380 e. The van der Waals surface area contributed by atoms with Crippen LogP contribution in [0.15, 0.2) is 18.2 Å². The van der Waals surface area contributed by atoms with Crippen LogP contribution in [0.4, 0.5) is 0 Å². The summed E-state index contributed by atoms with van der Waals surface area (Å²) in [6, 6.07) is 5.35. The molecule has 4 heteroatoms. The number of nitrogens with one attached hydrogen (secondary N) is 1. The highest BCUT2D eigenvalue weighted by Crippen LogP contribution is 2.25. The average Bonchev–Trinajstić information content (AvgIpc) is 2.22. The molecule has 92 valence electrons. The van der Waals surface area contributed by atoms with Crippen molar-refractivity contribution in [3.63, 3.8) is 0 Å². The molecular formula is C13H16ClNO2. The van der Waals surface area contributed by atoms with Crippen LogP contribution in [0.2, 0.25) is 5.02 Å². The lowest BCUT2D eigenvalue weighted by Gasteiger charge is -2.38. The van der Waals surface area contributed by atoms with Gasteiger partial charge < -0.3 is 10.1 Å². The monoisotopic (exact) mass is 253 g/mol. The van der Waals surface area contributed by atoms with Gasteiger partial charge in [0.1, 0.15) is 0 Å². The molecule has 0 radical (unpaired) electrons. The van der Waals surface area contributed by atoms with Crippen LogP contribution in [0.3, 0.4) is 0 Å². The van der Waals surface area contributed by atoms with E-state index in [0.717, 1.165) is 5.56 Å². The summed E-state index contributed by atoms with van der Waals surface area (Å²) < 4.78 is 5.14. The van der Waals surface area contributed by atoms with Crippen LogP contribution in [0.5, 0.6) is 0 Å². The number of rotatable bonds is 3. The fourth-order valence-electron chi connectivity index (χ4n) is 1.82. The summed E-state index contributed by atoms with van der Waals surface area (Å²) in [5, 5.41) is 3.51. The van der Waals surface area contributed by atoms with Gasteiger partial charge in [0.25, 0.3) is 5.91 Å². The van der Waals surface area contributed by atoms with E-state index in [9.17, 15) is 4.79 Å². The predicted octanol–water partition coefficient (Wildman–Crippen LogP) is 2.41. The van der Waals surface area contributed by atoms with Crippen molar-refractivity contribution >= 4 is 17.5 Å². The molecule has 1 aliphatic rings. The standard InChI is InChI=1S/C13H16ClNO2/c1-9-3-10(5-11(14)4-9)12(16)15-6-13(2)7-17-8-13/h3-5H,6-8H2,1-2H3,(H,15,16). The first-order valence-electron chi connectivity index (χ1n) is 5.62. The number of halogens is 1. The molecule has 0 aliphatic carbocycles. The fraction of sp³-hybridized carbons (Fsp3) is 0.462. The van der Waals surface area contributed by atoms with Gasteiger partial charge in [-0.25, -0.2) is 0 Å². The molecule has 2 rings (SSSR count). The van der Waals surface area contributed by atoms with E-state index in [1.807, 2.05) is 19.1 Å². The first-order valence-corrected chi connectivity index (χ1v) is 5.99. The van der Waals surface area contributed by atoms with E-state index in [1.165, 1.54) is 0 Å². The number of hydrogen-bond donors (Lipinski definition) is 1. The topological polar surface area (TPSA) is 38.3 Å². The van der Waals surface area contributed by atoms with Crippen molar-refractivity contribution in [3.05, 3.63) is 34.3 Å². The molecule has 0 atom stereocenters. The Kier molecular flexibility index (Phi) is 3.40. The summed E-state index contributed by atoms with van der Waals surface area (Å²) in [7, 11) is 0. The van der Waals surface area contributed by atoms with E-state index in [1.54, 1.807) is 6.07 Å². The van der Waals surface area contributed by atoms with E-state index < -0.39 is 0 Å². The second-order valence-electron chi connectivity index (χ2n) is 5.00. The van der Waals surface area contributed by atoms with Crippen LogP contribution in [0.25, 0.3) is 0 Å². The molecule has 1 fully saturated rings. The molecule has 0 saturated carbocycles. The van der Waals surface area contributed by atoms with Gasteiger partial charge in [0.15, 0.2) is 0 Å². The average molecular weight is 254 g/mol. The smallest absolute Gasteiger partial charge is 0.251 e. The van der Waals surface area contributed by atoms with Gasteiger partial charge in [-0.05, 0) is 30.7 Å². The number of hydrogen-bond acceptors (Lipinski definition) is 2. The first-order chi connectivity index (χ1) is 7.98. The minimum atomic E-state index is -0.0799. The molecule has 17 heavy (non-hydrogen) atoms. The number of carbonyl (C=O) groups is 1. The largest absolute Gasteiger partial charge is 0.380 e. The Bertz CT molecular complexity index is 421. The highest BCUT2D eigenvalue weighted by molar-refractivity contribution is 6.31. The molecule has 3 nitrogen and oxygen atoms in total. The molecular weight excluding hydrogens is 238 g/mol. The van der Waals surface area contributed by atoms with Crippen molar-refractivity contribution in [2.45, 2.75) is 13.8 Å². The third-order valence-electron chi connectivity index (χ3n) is 2.88.